The van der Waals surface area contributed by atoms with Crippen molar-refractivity contribution in [3.05, 3.63) is 28.3 Å². The Morgan fingerprint density at radius 3 is 2.86 bits per heavy atom. The van der Waals surface area contributed by atoms with Crippen molar-refractivity contribution in [2.75, 3.05) is 18.5 Å². The molecule has 0 aliphatic heterocycles. The minimum atomic E-state index is -0.518. The van der Waals surface area contributed by atoms with Crippen LogP contribution >= 0.6 is 0 Å². The summed E-state index contributed by atoms with van der Waals surface area (Å²) >= 11 is 0. The zero-order valence-corrected chi connectivity index (χ0v) is 7.43. The Morgan fingerprint density at radius 2 is 2.29 bits per heavy atom. The van der Waals surface area contributed by atoms with Gasteiger partial charge in [0.05, 0.1) is 11.5 Å². The lowest BCUT2D eigenvalue weighted by Gasteiger charge is -2.05. The van der Waals surface area contributed by atoms with Gasteiger partial charge in [-0.1, -0.05) is 11.5 Å². The number of nitrogens with one attached hydrogen (secondary N) is 1. The average Bonchev–Trinajstić information content (AvgIpc) is 2.15. The molecule has 0 saturated heterocycles. The van der Waals surface area contributed by atoms with Gasteiger partial charge in [-0.25, -0.2) is 0 Å². The summed E-state index contributed by atoms with van der Waals surface area (Å²) in [4.78, 5) is 10.1. The van der Waals surface area contributed by atoms with Crippen LogP contribution in [-0.2, 0) is 0 Å². The van der Waals surface area contributed by atoms with E-state index in [1.165, 1.54) is 12.1 Å². The smallest absolute Gasteiger partial charge is 0.291 e. The quantitative estimate of drug-likeness (QED) is 0.393. The van der Waals surface area contributed by atoms with Gasteiger partial charge < -0.3 is 10.4 Å². The molecule has 0 bridgehead atoms. The lowest BCUT2D eigenvalue weighted by Crippen LogP contribution is -2.10. The van der Waals surface area contributed by atoms with Crippen LogP contribution in [0.3, 0.4) is 0 Å². The van der Waals surface area contributed by atoms with E-state index < -0.39 is 4.92 Å². The number of aliphatic hydroxyl groups is 1. The third-order valence-electron chi connectivity index (χ3n) is 1.65. The summed E-state index contributed by atoms with van der Waals surface area (Å²) in [6.45, 7) is 0.187. The Balaban J connectivity index is 2.96. The summed E-state index contributed by atoms with van der Waals surface area (Å²) in [5.74, 6) is 0. The van der Waals surface area contributed by atoms with Crippen LogP contribution in [0.15, 0.2) is 18.2 Å². The van der Waals surface area contributed by atoms with Crippen molar-refractivity contribution in [1.29, 1.82) is 0 Å². The molecule has 0 amide bonds. The summed E-state index contributed by atoms with van der Waals surface area (Å²) in [5, 5.41) is 21.9. The van der Waals surface area contributed by atoms with Crippen molar-refractivity contribution in [2.45, 2.75) is 0 Å². The number of aliphatic hydroxyl groups excluding tert-OH is 1. The van der Waals surface area contributed by atoms with Crippen LogP contribution in [0.2, 0.25) is 0 Å². The van der Waals surface area contributed by atoms with Gasteiger partial charge in [-0.2, -0.15) is 0 Å². The third kappa shape index (κ3) is 2.46. The monoisotopic (exact) mass is 192 g/mol. The highest BCUT2D eigenvalue weighted by Gasteiger charge is 2.12. The molecule has 1 aromatic rings. The molecule has 0 saturated carbocycles. The van der Waals surface area contributed by atoms with E-state index >= 15 is 0 Å². The molecule has 0 aliphatic carbocycles. The van der Waals surface area contributed by atoms with Crippen LogP contribution in [0.5, 0.6) is 0 Å². The Kier molecular flexibility index (Phi) is 3.47. The maximum absolute atomic E-state index is 10.6. The summed E-state index contributed by atoms with van der Waals surface area (Å²) < 4.78 is 0. The van der Waals surface area contributed by atoms with E-state index in [4.69, 9.17) is 13.0 Å². The van der Waals surface area contributed by atoms with Crippen LogP contribution in [-0.4, -0.2) is 31.0 Å². The summed E-state index contributed by atoms with van der Waals surface area (Å²) in [6, 6.07) is 4.36. The van der Waals surface area contributed by atoms with E-state index in [-0.39, 0.29) is 18.8 Å². The fraction of sp³-hybridized carbons (Fsp3) is 0.250. The molecular weight excluding hydrogens is 183 g/mol. The maximum atomic E-state index is 10.6. The zero-order valence-electron chi connectivity index (χ0n) is 7.43. The number of nitro benzene ring substituents is 1. The van der Waals surface area contributed by atoms with Crippen molar-refractivity contribution < 1.29 is 10.0 Å². The Morgan fingerprint density at radius 1 is 1.57 bits per heavy atom. The molecule has 6 heteroatoms. The number of rotatable bonds is 4. The molecule has 0 spiro atoms. The van der Waals surface area contributed by atoms with Crippen molar-refractivity contribution in [3.8, 4) is 0 Å². The molecule has 72 valence electrons. The molecule has 14 heavy (non-hydrogen) atoms. The Labute approximate surface area is 82.3 Å². The topological polar surface area (TPSA) is 75.4 Å². The van der Waals surface area contributed by atoms with Gasteiger partial charge in [0.15, 0.2) is 0 Å². The predicted octanol–water partition coefficient (Wildman–Crippen LogP) is -0.207. The molecule has 5 nitrogen and oxygen atoms in total. The SMILES string of the molecule is [B]c1ccc(NCCO)c([N+](=O)[O-])c1. The molecule has 0 aromatic heterocycles. The number of hydrogen-bond donors (Lipinski definition) is 2. The van der Waals surface area contributed by atoms with Gasteiger partial charge in [-0.15, -0.1) is 0 Å². The maximum Gasteiger partial charge on any atom is 0.291 e. The largest absolute Gasteiger partial charge is 0.395 e. The van der Waals surface area contributed by atoms with Crippen molar-refractivity contribution in [1.82, 2.24) is 0 Å². The van der Waals surface area contributed by atoms with E-state index in [0.29, 0.717) is 11.2 Å². The second-order valence-corrected chi connectivity index (χ2v) is 2.68. The standard InChI is InChI=1S/C8H9BN2O3/c9-6-1-2-7(10-3-4-12)8(5-6)11(13)14/h1-2,5,10,12H,3-4H2. The molecule has 1 rings (SSSR count). The molecule has 0 atom stereocenters. The highest BCUT2D eigenvalue weighted by Crippen LogP contribution is 2.21. The Bertz CT molecular complexity index is 343. The Hall–Kier alpha value is -1.56. The number of nitro groups is 1. The van der Waals surface area contributed by atoms with Crippen LogP contribution in [0.1, 0.15) is 0 Å². The van der Waals surface area contributed by atoms with Gasteiger partial charge in [0, 0.05) is 12.6 Å². The number of nitrogens with zero attached hydrogens (tertiary/aromatic N) is 1. The zero-order chi connectivity index (χ0) is 10.6. The van der Waals surface area contributed by atoms with Gasteiger partial charge in [0.1, 0.15) is 13.5 Å². The van der Waals surface area contributed by atoms with E-state index in [2.05, 4.69) is 5.32 Å². The molecular formula is C8H9BN2O3. The first kappa shape index (κ1) is 10.5. The fourth-order valence-corrected chi connectivity index (χ4v) is 1.04. The van der Waals surface area contributed by atoms with Crippen LogP contribution in [0.4, 0.5) is 11.4 Å². The second-order valence-electron chi connectivity index (χ2n) is 2.68. The van der Waals surface area contributed by atoms with Gasteiger partial charge in [-0.05, 0) is 6.07 Å². The third-order valence-corrected chi connectivity index (χ3v) is 1.65. The van der Waals surface area contributed by atoms with E-state index in [1.54, 1.807) is 6.07 Å². The van der Waals surface area contributed by atoms with Crippen molar-refractivity contribution >= 4 is 24.7 Å². The molecule has 0 fully saturated rings. The minimum absolute atomic E-state index is 0.0818. The summed E-state index contributed by atoms with van der Waals surface area (Å²) in [7, 11) is 5.41. The van der Waals surface area contributed by atoms with E-state index in [0.717, 1.165) is 0 Å². The highest BCUT2D eigenvalue weighted by molar-refractivity contribution is 6.32. The second kappa shape index (κ2) is 4.62. The normalized spacial score (nSPS) is 9.79. The molecule has 0 aliphatic rings. The first-order valence-corrected chi connectivity index (χ1v) is 4.04. The van der Waals surface area contributed by atoms with Crippen LogP contribution in [0, 0.1) is 10.1 Å². The molecule has 2 radical (unpaired) electrons. The molecule has 0 unspecified atom stereocenters. The van der Waals surface area contributed by atoms with Crippen molar-refractivity contribution in [2.24, 2.45) is 0 Å². The predicted molar refractivity (Wildman–Crippen MR) is 54.1 cm³/mol. The number of anilines is 1. The van der Waals surface area contributed by atoms with Crippen LogP contribution < -0.4 is 10.8 Å². The lowest BCUT2D eigenvalue weighted by molar-refractivity contribution is -0.383. The molecule has 1 aromatic carbocycles. The molecule has 0 heterocycles. The van der Waals surface area contributed by atoms with E-state index in [9.17, 15) is 10.1 Å². The lowest BCUT2D eigenvalue weighted by atomic mass is 9.95. The fourth-order valence-electron chi connectivity index (χ4n) is 1.04. The first-order chi connectivity index (χ1) is 6.65. The van der Waals surface area contributed by atoms with Gasteiger partial charge in [0.25, 0.3) is 5.69 Å². The average molecular weight is 192 g/mol. The highest BCUT2D eigenvalue weighted by atomic mass is 16.6. The number of hydrogen-bond acceptors (Lipinski definition) is 4. The minimum Gasteiger partial charge on any atom is -0.395 e. The van der Waals surface area contributed by atoms with Crippen molar-refractivity contribution in [3.63, 3.8) is 0 Å². The van der Waals surface area contributed by atoms with Gasteiger partial charge >= 0.3 is 0 Å². The van der Waals surface area contributed by atoms with E-state index in [1.807, 2.05) is 0 Å². The molecule has 2 N–H and O–H groups in total. The van der Waals surface area contributed by atoms with Gasteiger partial charge in [-0.3, -0.25) is 10.1 Å². The van der Waals surface area contributed by atoms with Crippen LogP contribution in [0.25, 0.3) is 0 Å². The first-order valence-electron chi connectivity index (χ1n) is 4.04. The number of benzene rings is 1. The summed E-state index contributed by atoms with van der Waals surface area (Å²) in [6.07, 6.45) is 0. The van der Waals surface area contributed by atoms with Gasteiger partial charge in [0.2, 0.25) is 0 Å². The summed E-state index contributed by atoms with van der Waals surface area (Å²) in [5.41, 5.74) is 0.614.